The Hall–Kier alpha value is -1.08. The molecular formula is C12H10ClN. The van der Waals surface area contributed by atoms with Gasteiger partial charge in [-0.2, -0.15) is 0 Å². The van der Waals surface area contributed by atoms with Gasteiger partial charge in [0.25, 0.3) is 0 Å². The van der Waals surface area contributed by atoms with Crippen LogP contribution in [-0.2, 0) is 0 Å². The van der Waals surface area contributed by atoms with Crippen molar-refractivity contribution >= 4 is 22.4 Å². The van der Waals surface area contributed by atoms with Crippen molar-refractivity contribution in [3.8, 4) is 0 Å². The Morgan fingerprint density at radius 1 is 1.14 bits per heavy atom. The minimum atomic E-state index is 0.707. The second kappa shape index (κ2) is 2.96. The van der Waals surface area contributed by atoms with Crippen LogP contribution in [0, 0.1) is 0 Å². The van der Waals surface area contributed by atoms with Crippen LogP contribution >= 0.6 is 11.6 Å². The second-order valence-electron chi connectivity index (χ2n) is 3.87. The average molecular weight is 204 g/mol. The lowest BCUT2D eigenvalue weighted by Crippen LogP contribution is -1.85. The number of hydrogen-bond acceptors (Lipinski definition) is 1. The van der Waals surface area contributed by atoms with Crippen molar-refractivity contribution in [2.24, 2.45) is 0 Å². The normalized spacial score (nSPS) is 16.1. The molecule has 1 saturated carbocycles. The lowest BCUT2D eigenvalue weighted by molar-refractivity contribution is 1.03. The lowest BCUT2D eigenvalue weighted by atomic mass is 10.1. The number of benzene rings is 1. The molecule has 0 unspecified atom stereocenters. The third kappa shape index (κ3) is 1.38. The largest absolute Gasteiger partial charge is 0.260 e. The van der Waals surface area contributed by atoms with Crippen molar-refractivity contribution in [2.75, 3.05) is 0 Å². The molecule has 14 heavy (non-hydrogen) atoms. The molecule has 1 heterocycles. The molecule has 0 bridgehead atoms. The number of pyridine rings is 1. The van der Waals surface area contributed by atoms with Gasteiger partial charge in [-0.3, -0.25) is 4.98 Å². The van der Waals surface area contributed by atoms with E-state index in [0.717, 1.165) is 5.02 Å². The van der Waals surface area contributed by atoms with Crippen LogP contribution in [0.1, 0.15) is 24.5 Å². The smallest absolute Gasteiger partial charge is 0.0440 e. The second-order valence-corrected chi connectivity index (χ2v) is 4.31. The van der Waals surface area contributed by atoms with Crippen LogP contribution in [0.4, 0.5) is 0 Å². The first-order valence-corrected chi connectivity index (χ1v) is 5.26. The van der Waals surface area contributed by atoms with Crippen LogP contribution in [0.15, 0.2) is 30.5 Å². The quantitative estimate of drug-likeness (QED) is 0.688. The zero-order chi connectivity index (χ0) is 9.54. The number of hydrogen-bond donors (Lipinski definition) is 0. The SMILES string of the molecule is Clc1ccc2cnc(C3CC3)cc2c1. The van der Waals surface area contributed by atoms with E-state index < -0.39 is 0 Å². The molecule has 1 aliphatic carbocycles. The highest BCUT2D eigenvalue weighted by atomic mass is 35.5. The molecule has 0 spiro atoms. The number of nitrogens with zero attached hydrogens (tertiary/aromatic N) is 1. The monoisotopic (exact) mass is 203 g/mol. The van der Waals surface area contributed by atoms with Gasteiger partial charge in [0.15, 0.2) is 0 Å². The maximum Gasteiger partial charge on any atom is 0.0440 e. The Morgan fingerprint density at radius 3 is 2.79 bits per heavy atom. The molecule has 1 fully saturated rings. The minimum Gasteiger partial charge on any atom is -0.260 e. The van der Waals surface area contributed by atoms with Crippen molar-refractivity contribution < 1.29 is 0 Å². The lowest BCUT2D eigenvalue weighted by Gasteiger charge is -2.01. The van der Waals surface area contributed by atoms with Gasteiger partial charge in [0.05, 0.1) is 0 Å². The summed E-state index contributed by atoms with van der Waals surface area (Å²) < 4.78 is 0. The predicted molar refractivity (Wildman–Crippen MR) is 58.7 cm³/mol. The molecule has 1 aromatic carbocycles. The highest BCUT2D eigenvalue weighted by Crippen LogP contribution is 2.39. The van der Waals surface area contributed by atoms with E-state index in [1.165, 1.54) is 29.3 Å². The van der Waals surface area contributed by atoms with Crippen LogP contribution in [-0.4, -0.2) is 4.98 Å². The van der Waals surface area contributed by atoms with Gasteiger partial charge in [-0.25, -0.2) is 0 Å². The predicted octanol–water partition coefficient (Wildman–Crippen LogP) is 3.77. The summed E-state index contributed by atoms with van der Waals surface area (Å²) in [5.41, 5.74) is 1.22. The summed E-state index contributed by atoms with van der Waals surface area (Å²) >= 11 is 5.95. The molecule has 3 rings (SSSR count). The fourth-order valence-electron chi connectivity index (χ4n) is 1.73. The number of aromatic nitrogens is 1. The zero-order valence-electron chi connectivity index (χ0n) is 7.70. The van der Waals surface area contributed by atoms with E-state index >= 15 is 0 Å². The van der Waals surface area contributed by atoms with E-state index in [0.29, 0.717) is 5.92 Å². The number of fused-ring (bicyclic) bond motifs is 1. The standard InChI is InChI=1S/C12H10ClN/c13-11-4-3-9-7-14-12(8-1-2-8)6-10(9)5-11/h3-8H,1-2H2. The van der Waals surface area contributed by atoms with E-state index in [1.54, 1.807) is 0 Å². The first-order valence-electron chi connectivity index (χ1n) is 4.88. The van der Waals surface area contributed by atoms with Crippen molar-refractivity contribution in [1.29, 1.82) is 0 Å². The topological polar surface area (TPSA) is 12.9 Å². The summed E-state index contributed by atoms with van der Waals surface area (Å²) in [6, 6.07) is 8.09. The van der Waals surface area contributed by atoms with E-state index in [2.05, 4.69) is 11.1 Å². The number of halogens is 1. The molecule has 0 N–H and O–H groups in total. The maximum atomic E-state index is 5.95. The molecule has 0 saturated heterocycles. The highest BCUT2D eigenvalue weighted by Gasteiger charge is 2.24. The van der Waals surface area contributed by atoms with Crippen molar-refractivity contribution in [3.63, 3.8) is 0 Å². The van der Waals surface area contributed by atoms with Crippen LogP contribution in [0.3, 0.4) is 0 Å². The molecule has 2 aromatic rings. The van der Waals surface area contributed by atoms with Gasteiger partial charge in [-0.05, 0) is 36.4 Å². The van der Waals surface area contributed by atoms with Crippen molar-refractivity contribution in [3.05, 3.63) is 41.2 Å². The summed E-state index contributed by atoms with van der Waals surface area (Å²) in [4.78, 5) is 4.46. The van der Waals surface area contributed by atoms with Crippen LogP contribution in [0.25, 0.3) is 10.8 Å². The Morgan fingerprint density at radius 2 is 2.00 bits per heavy atom. The van der Waals surface area contributed by atoms with Gasteiger partial charge >= 0.3 is 0 Å². The molecule has 0 radical (unpaired) electrons. The summed E-state index contributed by atoms with van der Waals surface area (Å²) in [6.07, 6.45) is 4.53. The molecule has 1 aliphatic rings. The van der Waals surface area contributed by atoms with Crippen LogP contribution in [0.5, 0.6) is 0 Å². The van der Waals surface area contributed by atoms with E-state index in [-0.39, 0.29) is 0 Å². The van der Waals surface area contributed by atoms with Gasteiger partial charge in [-0.15, -0.1) is 0 Å². The third-order valence-electron chi connectivity index (χ3n) is 2.70. The Balaban J connectivity index is 2.20. The first-order chi connectivity index (χ1) is 6.83. The molecule has 0 amide bonds. The molecule has 1 aromatic heterocycles. The molecule has 0 aliphatic heterocycles. The van der Waals surface area contributed by atoms with E-state index in [1.807, 2.05) is 24.4 Å². The summed E-state index contributed by atoms with van der Waals surface area (Å²) in [5, 5.41) is 3.17. The fraction of sp³-hybridized carbons (Fsp3) is 0.250. The molecule has 1 nitrogen and oxygen atoms in total. The van der Waals surface area contributed by atoms with Crippen LogP contribution < -0.4 is 0 Å². The van der Waals surface area contributed by atoms with E-state index in [4.69, 9.17) is 11.6 Å². The Labute approximate surface area is 87.7 Å². The molecule has 70 valence electrons. The van der Waals surface area contributed by atoms with Crippen molar-refractivity contribution in [2.45, 2.75) is 18.8 Å². The Bertz CT molecular complexity index is 489. The molecular weight excluding hydrogens is 194 g/mol. The van der Waals surface area contributed by atoms with Gasteiger partial charge in [-0.1, -0.05) is 17.7 Å². The average Bonchev–Trinajstić information content (AvgIpc) is 3.00. The number of rotatable bonds is 1. The van der Waals surface area contributed by atoms with Gasteiger partial charge in [0.1, 0.15) is 0 Å². The molecule has 0 atom stereocenters. The van der Waals surface area contributed by atoms with Gasteiger partial charge in [0.2, 0.25) is 0 Å². The summed E-state index contributed by atoms with van der Waals surface area (Å²) in [7, 11) is 0. The van der Waals surface area contributed by atoms with E-state index in [9.17, 15) is 0 Å². The third-order valence-corrected chi connectivity index (χ3v) is 2.94. The first kappa shape index (κ1) is 8.25. The Kier molecular flexibility index (Phi) is 1.74. The van der Waals surface area contributed by atoms with Gasteiger partial charge < -0.3 is 0 Å². The van der Waals surface area contributed by atoms with Gasteiger partial charge in [0, 0.05) is 28.2 Å². The highest BCUT2D eigenvalue weighted by molar-refractivity contribution is 6.31. The fourth-order valence-corrected chi connectivity index (χ4v) is 1.91. The molecule has 2 heteroatoms. The van der Waals surface area contributed by atoms with Crippen LogP contribution in [0.2, 0.25) is 5.02 Å². The summed E-state index contributed by atoms with van der Waals surface area (Å²) in [6.45, 7) is 0. The van der Waals surface area contributed by atoms with Crippen molar-refractivity contribution in [1.82, 2.24) is 4.98 Å². The zero-order valence-corrected chi connectivity index (χ0v) is 8.46. The minimum absolute atomic E-state index is 0.707. The maximum absolute atomic E-state index is 5.95. The summed E-state index contributed by atoms with van der Waals surface area (Å²) in [5.74, 6) is 0.707.